The van der Waals surface area contributed by atoms with E-state index >= 15 is 0 Å². The lowest BCUT2D eigenvalue weighted by molar-refractivity contribution is 0.0874. The summed E-state index contributed by atoms with van der Waals surface area (Å²) in [4.78, 5) is 18.0. The molecule has 1 heterocycles. The average molecular weight is 416 g/mol. The zero-order chi connectivity index (χ0) is 21.8. The van der Waals surface area contributed by atoms with Crippen LogP contribution in [0.15, 0.2) is 72.8 Å². The third-order valence-corrected chi connectivity index (χ3v) is 6.55. The Morgan fingerprint density at radius 1 is 1.06 bits per heavy atom. The fourth-order valence-electron chi connectivity index (χ4n) is 4.90. The molecule has 4 heteroatoms. The largest absolute Gasteiger partial charge is 0.331 e. The molecule has 0 saturated carbocycles. The number of fused-ring (bicyclic) bond motifs is 1. The van der Waals surface area contributed by atoms with Crippen molar-refractivity contribution in [3.05, 3.63) is 83.9 Å². The Morgan fingerprint density at radius 2 is 1.77 bits per heavy atom. The van der Waals surface area contributed by atoms with Crippen LogP contribution in [0.2, 0.25) is 0 Å². The van der Waals surface area contributed by atoms with Crippen LogP contribution >= 0.6 is 0 Å². The molecule has 0 radical (unpaired) electrons. The quantitative estimate of drug-likeness (QED) is 0.601. The molecule has 3 aromatic rings. The van der Waals surface area contributed by atoms with E-state index in [1.165, 1.54) is 16.3 Å². The topological polar surface area (TPSA) is 35.6 Å². The van der Waals surface area contributed by atoms with Crippen molar-refractivity contribution in [2.75, 3.05) is 20.1 Å². The number of piperidine rings is 1. The van der Waals surface area contributed by atoms with Crippen molar-refractivity contribution in [2.24, 2.45) is 5.92 Å². The standard InChI is InChI=1S/C27H33N3O/c1-20-18-29(3)17-16-26(20)30(19-22-10-5-4-6-11-22)27(31)28-21(2)24-15-9-13-23-12-7-8-14-25(23)24/h4-15,20-21,26H,16-19H2,1-3H3,(H,28,31). The van der Waals surface area contributed by atoms with E-state index in [2.05, 4.69) is 90.6 Å². The summed E-state index contributed by atoms with van der Waals surface area (Å²) >= 11 is 0. The van der Waals surface area contributed by atoms with Crippen LogP contribution in [0.5, 0.6) is 0 Å². The first-order valence-electron chi connectivity index (χ1n) is 11.3. The third-order valence-electron chi connectivity index (χ3n) is 6.55. The highest BCUT2D eigenvalue weighted by molar-refractivity contribution is 5.86. The first-order valence-corrected chi connectivity index (χ1v) is 11.3. The van der Waals surface area contributed by atoms with Crippen molar-refractivity contribution in [2.45, 2.75) is 38.9 Å². The number of nitrogens with one attached hydrogen (secondary N) is 1. The lowest BCUT2D eigenvalue weighted by atomic mass is 9.92. The predicted octanol–water partition coefficient (Wildman–Crippen LogP) is 5.45. The van der Waals surface area contributed by atoms with Crippen molar-refractivity contribution in [1.29, 1.82) is 0 Å². The SMILES string of the molecule is CC(NC(=O)N(Cc1ccccc1)C1CCN(C)CC1C)c1cccc2ccccc12. The van der Waals surface area contributed by atoms with Crippen molar-refractivity contribution in [3.63, 3.8) is 0 Å². The summed E-state index contributed by atoms with van der Waals surface area (Å²) in [6.45, 7) is 7.01. The second-order valence-electron chi connectivity index (χ2n) is 8.95. The Bertz CT molecular complexity index is 1010. The van der Waals surface area contributed by atoms with E-state index in [4.69, 9.17) is 0 Å². The van der Waals surface area contributed by atoms with Crippen LogP contribution in [0.25, 0.3) is 10.8 Å². The molecule has 4 nitrogen and oxygen atoms in total. The number of nitrogens with zero attached hydrogens (tertiary/aromatic N) is 2. The zero-order valence-corrected chi connectivity index (χ0v) is 18.8. The molecule has 3 atom stereocenters. The maximum absolute atomic E-state index is 13.6. The van der Waals surface area contributed by atoms with Gasteiger partial charge in [0.25, 0.3) is 0 Å². The number of carbonyl (C=O) groups excluding carboxylic acids is 1. The summed E-state index contributed by atoms with van der Waals surface area (Å²) in [5.41, 5.74) is 2.32. The number of hydrogen-bond acceptors (Lipinski definition) is 2. The molecule has 0 aliphatic carbocycles. The van der Waals surface area contributed by atoms with E-state index < -0.39 is 0 Å². The number of urea groups is 1. The van der Waals surface area contributed by atoms with Crippen molar-refractivity contribution >= 4 is 16.8 Å². The third kappa shape index (κ3) is 4.91. The molecule has 1 aliphatic heterocycles. The minimum absolute atomic E-state index is 0.0192. The van der Waals surface area contributed by atoms with Gasteiger partial charge < -0.3 is 15.1 Å². The second-order valence-corrected chi connectivity index (χ2v) is 8.95. The summed E-state index contributed by atoms with van der Waals surface area (Å²) in [7, 11) is 2.16. The van der Waals surface area contributed by atoms with Crippen LogP contribution in [0.4, 0.5) is 4.79 Å². The Hall–Kier alpha value is -2.85. The van der Waals surface area contributed by atoms with Gasteiger partial charge in [-0.25, -0.2) is 4.79 Å². The van der Waals surface area contributed by atoms with Gasteiger partial charge in [0.1, 0.15) is 0 Å². The first-order chi connectivity index (χ1) is 15.0. The molecular formula is C27H33N3O. The van der Waals surface area contributed by atoms with Crippen molar-refractivity contribution in [3.8, 4) is 0 Å². The predicted molar refractivity (Wildman–Crippen MR) is 128 cm³/mol. The number of benzene rings is 3. The van der Waals surface area contributed by atoms with E-state index in [-0.39, 0.29) is 18.1 Å². The fourth-order valence-corrected chi connectivity index (χ4v) is 4.90. The highest BCUT2D eigenvalue weighted by atomic mass is 16.2. The van der Waals surface area contributed by atoms with Gasteiger partial charge in [-0.15, -0.1) is 0 Å². The monoisotopic (exact) mass is 415 g/mol. The lowest BCUT2D eigenvalue weighted by Crippen LogP contribution is -2.53. The molecule has 2 amide bonds. The molecule has 0 spiro atoms. The van der Waals surface area contributed by atoms with E-state index in [0.717, 1.165) is 25.1 Å². The molecule has 162 valence electrons. The van der Waals surface area contributed by atoms with Crippen LogP contribution in [0.3, 0.4) is 0 Å². The first kappa shape index (κ1) is 21.4. The highest BCUT2D eigenvalue weighted by Crippen LogP contribution is 2.27. The van der Waals surface area contributed by atoms with Gasteiger partial charge in [-0.3, -0.25) is 0 Å². The summed E-state index contributed by atoms with van der Waals surface area (Å²) < 4.78 is 0. The molecule has 4 rings (SSSR count). The Balaban J connectivity index is 1.57. The van der Waals surface area contributed by atoms with Crippen molar-refractivity contribution in [1.82, 2.24) is 15.1 Å². The van der Waals surface area contributed by atoms with Crippen LogP contribution in [-0.4, -0.2) is 42.0 Å². The van der Waals surface area contributed by atoms with Gasteiger partial charge in [0.05, 0.1) is 6.04 Å². The second kappa shape index (κ2) is 9.52. The van der Waals surface area contributed by atoms with E-state index in [1.807, 2.05) is 18.2 Å². The molecule has 1 N–H and O–H groups in total. The molecule has 3 aromatic carbocycles. The summed E-state index contributed by atoms with van der Waals surface area (Å²) in [6, 6.07) is 25.2. The fraction of sp³-hybridized carbons (Fsp3) is 0.370. The number of carbonyl (C=O) groups is 1. The molecular weight excluding hydrogens is 382 g/mol. The van der Waals surface area contributed by atoms with Gasteiger partial charge in [0, 0.05) is 19.1 Å². The Morgan fingerprint density at radius 3 is 2.55 bits per heavy atom. The molecule has 0 bridgehead atoms. The molecule has 1 fully saturated rings. The highest BCUT2D eigenvalue weighted by Gasteiger charge is 2.32. The van der Waals surface area contributed by atoms with Crippen LogP contribution < -0.4 is 5.32 Å². The molecule has 1 aliphatic rings. The minimum atomic E-state index is -0.0709. The van der Waals surface area contributed by atoms with Gasteiger partial charge in [0.15, 0.2) is 0 Å². The zero-order valence-electron chi connectivity index (χ0n) is 18.8. The van der Waals surface area contributed by atoms with Crippen molar-refractivity contribution < 1.29 is 4.79 Å². The lowest BCUT2D eigenvalue weighted by Gasteiger charge is -2.42. The normalized spacial score (nSPS) is 20.4. The molecule has 0 aromatic heterocycles. The Labute approximate surface area is 185 Å². The van der Waals surface area contributed by atoms with Gasteiger partial charge >= 0.3 is 6.03 Å². The number of amides is 2. The van der Waals surface area contributed by atoms with Crippen LogP contribution in [-0.2, 0) is 6.54 Å². The van der Waals surface area contributed by atoms with Gasteiger partial charge in [-0.05, 0) is 54.8 Å². The maximum Gasteiger partial charge on any atom is 0.318 e. The Kier molecular flexibility index (Phi) is 6.57. The van der Waals surface area contributed by atoms with Crippen LogP contribution in [0, 0.1) is 5.92 Å². The van der Waals surface area contributed by atoms with E-state index in [9.17, 15) is 4.79 Å². The summed E-state index contributed by atoms with van der Waals surface area (Å²) in [5, 5.41) is 5.71. The van der Waals surface area contributed by atoms with E-state index in [0.29, 0.717) is 12.5 Å². The maximum atomic E-state index is 13.6. The number of hydrogen-bond donors (Lipinski definition) is 1. The van der Waals surface area contributed by atoms with E-state index in [1.54, 1.807) is 0 Å². The van der Waals surface area contributed by atoms with Crippen LogP contribution in [0.1, 0.15) is 37.4 Å². The number of likely N-dealkylation sites (tertiary alicyclic amines) is 1. The molecule has 31 heavy (non-hydrogen) atoms. The van der Waals surface area contributed by atoms with Gasteiger partial charge in [0.2, 0.25) is 0 Å². The summed E-state index contributed by atoms with van der Waals surface area (Å²) in [6.07, 6.45) is 1.00. The molecule has 1 saturated heterocycles. The van der Waals surface area contributed by atoms with Gasteiger partial charge in [-0.2, -0.15) is 0 Å². The smallest absolute Gasteiger partial charge is 0.318 e. The number of rotatable bonds is 5. The summed E-state index contributed by atoms with van der Waals surface area (Å²) in [5.74, 6) is 0.432. The average Bonchev–Trinajstić information content (AvgIpc) is 2.78. The van der Waals surface area contributed by atoms with Gasteiger partial charge in [-0.1, -0.05) is 79.7 Å². The minimum Gasteiger partial charge on any atom is -0.331 e. The molecule has 3 unspecified atom stereocenters.